The van der Waals surface area contributed by atoms with Gasteiger partial charge in [0.1, 0.15) is 6.61 Å². The van der Waals surface area contributed by atoms with Gasteiger partial charge in [-0.25, -0.2) is 9.59 Å². The normalized spacial score (nSPS) is 16.5. The largest absolute Gasteiger partial charge is 0.478 e. The third-order valence-electron chi connectivity index (χ3n) is 4.45. The van der Waals surface area contributed by atoms with Crippen molar-refractivity contribution in [3.05, 3.63) is 70.1 Å². The Bertz CT molecular complexity index is 847. The Morgan fingerprint density at radius 1 is 1.19 bits per heavy atom. The van der Waals surface area contributed by atoms with Crippen LogP contribution in [0.3, 0.4) is 0 Å². The van der Waals surface area contributed by atoms with E-state index in [-0.39, 0.29) is 29.7 Å². The third kappa shape index (κ3) is 4.30. The van der Waals surface area contributed by atoms with Gasteiger partial charge in [0.25, 0.3) is 5.56 Å². The van der Waals surface area contributed by atoms with Gasteiger partial charge in [0.15, 0.2) is 0 Å². The molecule has 2 heterocycles. The standard InChI is InChI=1S/C19H20N2O5/c22-17-10-16(18(23)24)7-9-20(17)11-15-6-8-21(12-15)19(25)26-13-14-4-2-1-3-5-14/h1-5,7,9-10,15H,6,8,11-13H2,(H,23,24). The van der Waals surface area contributed by atoms with Crippen molar-refractivity contribution >= 4 is 12.1 Å². The van der Waals surface area contributed by atoms with Gasteiger partial charge in [-0.2, -0.15) is 0 Å². The maximum absolute atomic E-state index is 12.2. The molecule has 3 rings (SSSR count). The molecule has 7 nitrogen and oxygen atoms in total. The first-order chi connectivity index (χ1) is 12.5. The predicted octanol–water partition coefficient (Wildman–Crippen LogP) is 2.21. The van der Waals surface area contributed by atoms with Crippen LogP contribution >= 0.6 is 0 Å². The molecule has 1 amide bonds. The highest BCUT2D eigenvalue weighted by atomic mass is 16.6. The van der Waals surface area contributed by atoms with Crippen LogP contribution in [0.25, 0.3) is 0 Å². The summed E-state index contributed by atoms with van der Waals surface area (Å²) in [5, 5.41) is 8.91. The number of pyridine rings is 1. The number of carbonyl (C=O) groups excluding carboxylic acids is 1. The van der Waals surface area contributed by atoms with Gasteiger partial charge in [0.05, 0.1) is 5.56 Å². The first-order valence-electron chi connectivity index (χ1n) is 8.42. The zero-order chi connectivity index (χ0) is 18.5. The zero-order valence-electron chi connectivity index (χ0n) is 14.2. The third-order valence-corrected chi connectivity index (χ3v) is 4.45. The number of ether oxygens (including phenoxy) is 1. The number of carboxylic acids is 1. The van der Waals surface area contributed by atoms with Crippen LogP contribution in [0.5, 0.6) is 0 Å². The fourth-order valence-corrected chi connectivity index (χ4v) is 3.03. The molecule has 2 aromatic rings. The van der Waals surface area contributed by atoms with E-state index >= 15 is 0 Å². The Morgan fingerprint density at radius 3 is 2.65 bits per heavy atom. The fraction of sp³-hybridized carbons (Fsp3) is 0.316. The molecule has 1 aromatic heterocycles. The highest BCUT2D eigenvalue weighted by Crippen LogP contribution is 2.19. The number of amides is 1. The number of hydrogen-bond donors (Lipinski definition) is 1. The fourth-order valence-electron chi connectivity index (χ4n) is 3.03. The molecule has 0 saturated carbocycles. The van der Waals surface area contributed by atoms with Gasteiger partial charge in [-0.1, -0.05) is 30.3 Å². The number of likely N-dealkylation sites (tertiary alicyclic amines) is 1. The van der Waals surface area contributed by atoms with Crippen LogP contribution in [-0.4, -0.2) is 39.7 Å². The lowest BCUT2D eigenvalue weighted by Crippen LogP contribution is -2.30. The monoisotopic (exact) mass is 356 g/mol. The quantitative estimate of drug-likeness (QED) is 0.887. The van der Waals surface area contributed by atoms with Crippen LogP contribution in [0.2, 0.25) is 0 Å². The molecule has 0 aliphatic carbocycles. The molecule has 1 saturated heterocycles. The van der Waals surface area contributed by atoms with E-state index in [0.29, 0.717) is 19.6 Å². The van der Waals surface area contributed by atoms with Gasteiger partial charge in [0, 0.05) is 31.9 Å². The molecule has 1 aliphatic rings. The molecule has 1 N–H and O–H groups in total. The van der Waals surface area contributed by atoms with Gasteiger partial charge in [0.2, 0.25) is 0 Å². The van der Waals surface area contributed by atoms with Crippen molar-refractivity contribution in [2.45, 2.75) is 19.6 Å². The minimum absolute atomic E-state index is 0.0243. The molecular formula is C19H20N2O5. The summed E-state index contributed by atoms with van der Waals surface area (Å²) >= 11 is 0. The Kier molecular flexibility index (Phi) is 5.36. The van der Waals surface area contributed by atoms with Crippen LogP contribution in [0.4, 0.5) is 4.79 Å². The first-order valence-corrected chi connectivity index (χ1v) is 8.42. The SMILES string of the molecule is O=C(O)c1ccn(CC2CCN(C(=O)OCc3ccccc3)C2)c(=O)c1. The van der Waals surface area contributed by atoms with Crippen molar-refractivity contribution in [3.63, 3.8) is 0 Å². The summed E-state index contributed by atoms with van der Waals surface area (Å²) in [4.78, 5) is 36.7. The Hall–Kier alpha value is -3.09. The molecular weight excluding hydrogens is 336 g/mol. The number of aromatic nitrogens is 1. The van der Waals surface area contributed by atoms with E-state index < -0.39 is 5.97 Å². The summed E-state index contributed by atoms with van der Waals surface area (Å²) in [6, 6.07) is 12.0. The van der Waals surface area contributed by atoms with E-state index in [9.17, 15) is 14.4 Å². The minimum atomic E-state index is -1.12. The van der Waals surface area contributed by atoms with Crippen LogP contribution in [0.1, 0.15) is 22.3 Å². The van der Waals surface area contributed by atoms with Crippen molar-refractivity contribution in [1.29, 1.82) is 0 Å². The molecule has 0 spiro atoms. The summed E-state index contributed by atoms with van der Waals surface area (Å²) in [6.45, 7) is 1.78. The van der Waals surface area contributed by atoms with E-state index in [1.54, 1.807) is 4.90 Å². The average molecular weight is 356 g/mol. The number of nitrogens with zero attached hydrogens (tertiary/aromatic N) is 2. The number of carbonyl (C=O) groups is 2. The summed E-state index contributed by atoms with van der Waals surface area (Å²) in [5.41, 5.74) is 0.556. The summed E-state index contributed by atoms with van der Waals surface area (Å²) in [7, 11) is 0. The van der Waals surface area contributed by atoms with Gasteiger partial charge in [-0.05, 0) is 24.0 Å². The van der Waals surface area contributed by atoms with Crippen LogP contribution in [-0.2, 0) is 17.9 Å². The van der Waals surface area contributed by atoms with Crippen LogP contribution < -0.4 is 5.56 Å². The van der Waals surface area contributed by atoms with Crippen molar-refractivity contribution in [2.75, 3.05) is 13.1 Å². The number of rotatable bonds is 5. The second-order valence-corrected chi connectivity index (χ2v) is 6.35. The van der Waals surface area contributed by atoms with Gasteiger partial charge >= 0.3 is 12.1 Å². The van der Waals surface area contributed by atoms with Gasteiger partial charge in [-0.3, -0.25) is 4.79 Å². The van der Waals surface area contributed by atoms with E-state index in [1.807, 2.05) is 30.3 Å². The lowest BCUT2D eigenvalue weighted by molar-refractivity contribution is 0.0696. The Balaban J connectivity index is 1.53. The number of aromatic carboxylic acids is 1. The van der Waals surface area contributed by atoms with Crippen molar-refractivity contribution < 1.29 is 19.4 Å². The minimum Gasteiger partial charge on any atom is -0.478 e. The lowest BCUT2D eigenvalue weighted by atomic mass is 10.1. The van der Waals surface area contributed by atoms with Crippen molar-refractivity contribution in [2.24, 2.45) is 5.92 Å². The lowest BCUT2D eigenvalue weighted by Gasteiger charge is -2.17. The maximum Gasteiger partial charge on any atom is 0.410 e. The summed E-state index contributed by atoms with van der Waals surface area (Å²) in [6.07, 6.45) is 1.90. The molecule has 7 heteroatoms. The van der Waals surface area contributed by atoms with Crippen LogP contribution in [0, 0.1) is 5.92 Å². The predicted molar refractivity (Wildman–Crippen MR) is 94.0 cm³/mol. The number of carboxylic acid groups (broad SMARTS) is 1. The molecule has 1 aromatic carbocycles. The number of hydrogen-bond acceptors (Lipinski definition) is 4. The van der Waals surface area contributed by atoms with E-state index in [2.05, 4.69) is 0 Å². The Morgan fingerprint density at radius 2 is 1.96 bits per heavy atom. The molecule has 136 valence electrons. The second-order valence-electron chi connectivity index (χ2n) is 6.35. The topological polar surface area (TPSA) is 88.8 Å². The summed E-state index contributed by atoms with van der Waals surface area (Å²) in [5.74, 6) is -0.991. The van der Waals surface area contributed by atoms with E-state index in [0.717, 1.165) is 18.1 Å². The molecule has 1 fully saturated rings. The number of benzene rings is 1. The second kappa shape index (κ2) is 7.86. The van der Waals surface area contributed by atoms with E-state index in [4.69, 9.17) is 9.84 Å². The molecule has 26 heavy (non-hydrogen) atoms. The average Bonchev–Trinajstić information content (AvgIpc) is 3.11. The first kappa shape index (κ1) is 17.7. The van der Waals surface area contributed by atoms with E-state index in [1.165, 1.54) is 16.8 Å². The molecule has 1 unspecified atom stereocenters. The highest BCUT2D eigenvalue weighted by Gasteiger charge is 2.27. The highest BCUT2D eigenvalue weighted by molar-refractivity contribution is 5.87. The molecule has 1 aliphatic heterocycles. The van der Waals surface area contributed by atoms with Gasteiger partial charge in [-0.15, -0.1) is 0 Å². The van der Waals surface area contributed by atoms with Crippen molar-refractivity contribution in [1.82, 2.24) is 9.47 Å². The van der Waals surface area contributed by atoms with Crippen molar-refractivity contribution in [3.8, 4) is 0 Å². The smallest absolute Gasteiger partial charge is 0.410 e. The maximum atomic E-state index is 12.2. The molecule has 1 atom stereocenters. The Labute approximate surface area is 150 Å². The summed E-state index contributed by atoms with van der Waals surface area (Å²) < 4.78 is 6.81. The molecule has 0 radical (unpaired) electrons. The van der Waals surface area contributed by atoms with Crippen LogP contribution in [0.15, 0.2) is 53.5 Å². The molecule has 0 bridgehead atoms. The van der Waals surface area contributed by atoms with Gasteiger partial charge < -0.3 is 19.3 Å². The zero-order valence-corrected chi connectivity index (χ0v) is 14.2.